The molecule has 3 aromatic rings. The molecule has 1 amide bonds. The monoisotopic (exact) mass is 372 g/mol. The van der Waals surface area contributed by atoms with Crippen molar-refractivity contribution in [1.29, 1.82) is 0 Å². The molecule has 2 atom stereocenters. The van der Waals surface area contributed by atoms with Crippen LogP contribution < -0.4 is 0 Å². The van der Waals surface area contributed by atoms with Gasteiger partial charge in [0.25, 0.3) is 0 Å². The Kier molecular flexibility index (Phi) is 5.78. The van der Waals surface area contributed by atoms with Gasteiger partial charge in [-0.2, -0.15) is 0 Å². The van der Waals surface area contributed by atoms with Crippen molar-refractivity contribution in [3.8, 4) is 0 Å². The van der Waals surface area contributed by atoms with Gasteiger partial charge < -0.3 is 9.64 Å². The number of carbonyl (C=O) groups is 1. The van der Waals surface area contributed by atoms with Gasteiger partial charge in [-0.25, -0.2) is 0 Å². The summed E-state index contributed by atoms with van der Waals surface area (Å²) in [6.45, 7) is 1.77. The average Bonchev–Trinajstić information content (AvgIpc) is 2.79. The Morgan fingerprint density at radius 2 is 1.68 bits per heavy atom. The van der Waals surface area contributed by atoms with Crippen LogP contribution in [0, 0.1) is 0 Å². The van der Waals surface area contributed by atoms with Crippen LogP contribution >= 0.6 is 0 Å². The predicted octanol–water partition coefficient (Wildman–Crippen LogP) is 4.01. The third-order valence-electron chi connectivity index (χ3n) is 5.24. The molecule has 0 aliphatic carbocycles. The standard InChI is InChI=1S/C24H24N2O2/c27-24(26-15-16-28-23(18-26)21-9-5-2-6-10-21)22(20-7-3-1-4-8-20)17-19-11-13-25-14-12-19/h1-14,22-23H,15-18H2. The highest BCUT2D eigenvalue weighted by molar-refractivity contribution is 5.84. The molecule has 2 heterocycles. The van der Waals surface area contributed by atoms with Crippen LogP contribution in [0.4, 0.5) is 0 Å². The van der Waals surface area contributed by atoms with Crippen molar-refractivity contribution in [2.24, 2.45) is 0 Å². The third-order valence-corrected chi connectivity index (χ3v) is 5.24. The Hall–Kier alpha value is -2.98. The van der Waals surface area contributed by atoms with Crippen molar-refractivity contribution in [3.05, 3.63) is 102 Å². The van der Waals surface area contributed by atoms with Gasteiger partial charge in [-0.15, -0.1) is 0 Å². The molecule has 142 valence electrons. The number of hydrogen-bond donors (Lipinski definition) is 0. The highest BCUT2D eigenvalue weighted by Crippen LogP contribution is 2.27. The van der Waals surface area contributed by atoms with Crippen molar-refractivity contribution >= 4 is 5.91 Å². The minimum Gasteiger partial charge on any atom is -0.370 e. The maximum Gasteiger partial charge on any atom is 0.230 e. The van der Waals surface area contributed by atoms with Gasteiger partial charge in [0.2, 0.25) is 5.91 Å². The number of benzene rings is 2. The summed E-state index contributed by atoms with van der Waals surface area (Å²) in [5, 5.41) is 0. The van der Waals surface area contributed by atoms with E-state index >= 15 is 0 Å². The molecule has 1 aliphatic heterocycles. The van der Waals surface area contributed by atoms with E-state index in [0.29, 0.717) is 26.1 Å². The maximum absolute atomic E-state index is 13.5. The lowest BCUT2D eigenvalue weighted by molar-refractivity contribution is -0.140. The van der Waals surface area contributed by atoms with Gasteiger partial charge in [-0.05, 0) is 35.2 Å². The lowest BCUT2D eigenvalue weighted by Crippen LogP contribution is -2.44. The normalized spacial score (nSPS) is 17.9. The number of morpholine rings is 1. The number of carbonyl (C=O) groups excluding carboxylic acids is 1. The molecule has 4 heteroatoms. The minimum absolute atomic E-state index is 0.0729. The van der Waals surface area contributed by atoms with Crippen molar-refractivity contribution in [3.63, 3.8) is 0 Å². The van der Waals surface area contributed by atoms with Gasteiger partial charge in [0.1, 0.15) is 6.10 Å². The van der Waals surface area contributed by atoms with E-state index in [4.69, 9.17) is 4.74 Å². The van der Waals surface area contributed by atoms with E-state index in [-0.39, 0.29) is 17.9 Å². The van der Waals surface area contributed by atoms with E-state index in [1.165, 1.54) is 0 Å². The van der Waals surface area contributed by atoms with Crippen LogP contribution in [0.25, 0.3) is 0 Å². The molecule has 1 fully saturated rings. The zero-order chi connectivity index (χ0) is 19.2. The molecule has 2 unspecified atom stereocenters. The quantitative estimate of drug-likeness (QED) is 0.680. The van der Waals surface area contributed by atoms with Gasteiger partial charge in [-0.3, -0.25) is 9.78 Å². The van der Waals surface area contributed by atoms with E-state index in [2.05, 4.69) is 17.1 Å². The van der Waals surface area contributed by atoms with Crippen molar-refractivity contribution in [1.82, 2.24) is 9.88 Å². The number of aromatic nitrogens is 1. The van der Waals surface area contributed by atoms with Crippen LogP contribution in [-0.2, 0) is 16.0 Å². The van der Waals surface area contributed by atoms with Gasteiger partial charge in [0, 0.05) is 18.9 Å². The second-order valence-electron chi connectivity index (χ2n) is 7.08. The van der Waals surface area contributed by atoms with Gasteiger partial charge in [0.15, 0.2) is 0 Å². The molecular weight excluding hydrogens is 348 g/mol. The largest absolute Gasteiger partial charge is 0.370 e. The summed E-state index contributed by atoms with van der Waals surface area (Å²) in [6, 6.07) is 24.2. The number of pyridine rings is 1. The zero-order valence-corrected chi connectivity index (χ0v) is 15.8. The number of rotatable bonds is 5. The summed E-state index contributed by atoms with van der Waals surface area (Å²) in [7, 11) is 0. The Bertz CT molecular complexity index is 884. The van der Waals surface area contributed by atoms with Crippen LogP contribution in [0.2, 0.25) is 0 Å². The molecule has 4 rings (SSSR count). The fourth-order valence-electron chi connectivity index (χ4n) is 3.73. The van der Waals surface area contributed by atoms with E-state index in [1.807, 2.05) is 65.6 Å². The van der Waals surface area contributed by atoms with Crippen LogP contribution in [0.1, 0.15) is 28.7 Å². The lowest BCUT2D eigenvalue weighted by atomic mass is 9.90. The first-order valence-corrected chi connectivity index (χ1v) is 9.70. The number of hydrogen-bond acceptors (Lipinski definition) is 3. The molecular formula is C24H24N2O2. The van der Waals surface area contributed by atoms with Crippen molar-refractivity contribution in [2.75, 3.05) is 19.7 Å². The van der Waals surface area contributed by atoms with Crippen LogP contribution in [-0.4, -0.2) is 35.5 Å². The third kappa shape index (κ3) is 4.29. The highest BCUT2D eigenvalue weighted by Gasteiger charge is 2.31. The minimum atomic E-state index is -0.210. The topological polar surface area (TPSA) is 42.4 Å². The summed E-state index contributed by atoms with van der Waals surface area (Å²) in [6.07, 6.45) is 4.15. The predicted molar refractivity (Wildman–Crippen MR) is 109 cm³/mol. The zero-order valence-electron chi connectivity index (χ0n) is 15.8. The van der Waals surface area contributed by atoms with E-state index in [9.17, 15) is 4.79 Å². The van der Waals surface area contributed by atoms with Crippen molar-refractivity contribution in [2.45, 2.75) is 18.4 Å². The first-order valence-electron chi connectivity index (χ1n) is 9.70. The lowest BCUT2D eigenvalue weighted by Gasteiger charge is -2.35. The molecule has 1 saturated heterocycles. The summed E-state index contributed by atoms with van der Waals surface area (Å²) in [4.78, 5) is 19.6. The fraction of sp³-hybridized carbons (Fsp3) is 0.250. The van der Waals surface area contributed by atoms with E-state index < -0.39 is 0 Å². The Morgan fingerprint density at radius 1 is 1.00 bits per heavy atom. The summed E-state index contributed by atoms with van der Waals surface area (Å²) < 4.78 is 5.95. The maximum atomic E-state index is 13.5. The average molecular weight is 372 g/mol. The highest BCUT2D eigenvalue weighted by atomic mass is 16.5. The molecule has 0 radical (unpaired) electrons. The van der Waals surface area contributed by atoms with E-state index in [0.717, 1.165) is 16.7 Å². The molecule has 0 bridgehead atoms. The molecule has 4 nitrogen and oxygen atoms in total. The Morgan fingerprint density at radius 3 is 2.39 bits per heavy atom. The van der Waals surface area contributed by atoms with Crippen LogP contribution in [0.15, 0.2) is 85.2 Å². The summed E-state index contributed by atoms with van der Waals surface area (Å²) >= 11 is 0. The van der Waals surface area contributed by atoms with Gasteiger partial charge in [-0.1, -0.05) is 60.7 Å². The molecule has 0 saturated carbocycles. The molecule has 0 N–H and O–H groups in total. The first-order chi connectivity index (χ1) is 13.8. The van der Waals surface area contributed by atoms with Gasteiger partial charge >= 0.3 is 0 Å². The summed E-state index contributed by atoms with van der Waals surface area (Å²) in [5.74, 6) is -0.0506. The molecule has 1 aromatic heterocycles. The molecule has 0 spiro atoms. The van der Waals surface area contributed by atoms with Crippen LogP contribution in [0.3, 0.4) is 0 Å². The molecule has 1 aliphatic rings. The number of nitrogens with zero attached hydrogens (tertiary/aromatic N) is 2. The Labute approximate surface area is 165 Å². The SMILES string of the molecule is O=C(C(Cc1ccncc1)c1ccccc1)N1CCOC(c2ccccc2)C1. The second kappa shape index (κ2) is 8.81. The first kappa shape index (κ1) is 18.4. The summed E-state index contributed by atoms with van der Waals surface area (Å²) in [5.41, 5.74) is 3.28. The van der Waals surface area contributed by atoms with E-state index in [1.54, 1.807) is 12.4 Å². The number of ether oxygens (including phenoxy) is 1. The van der Waals surface area contributed by atoms with Crippen molar-refractivity contribution < 1.29 is 9.53 Å². The second-order valence-corrected chi connectivity index (χ2v) is 7.08. The molecule has 28 heavy (non-hydrogen) atoms. The Balaban J connectivity index is 1.56. The van der Waals surface area contributed by atoms with Gasteiger partial charge in [0.05, 0.1) is 19.1 Å². The smallest absolute Gasteiger partial charge is 0.230 e. The molecule has 2 aromatic carbocycles. The van der Waals surface area contributed by atoms with Crippen LogP contribution in [0.5, 0.6) is 0 Å². The fourth-order valence-corrected chi connectivity index (χ4v) is 3.73. The number of amides is 1.